The van der Waals surface area contributed by atoms with Crippen molar-refractivity contribution >= 4 is 22.7 Å². The number of aromatic nitrogens is 1. The second kappa shape index (κ2) is 7.06. The van der Waals surface area contributed by atoms with Gasteiger partial charge in [0.25, 0.3) is 0 Å². The van der Waals surface area contributed by atoms with Gasteiger partial charge in [-0.3, -0.25) is 9.59 Å². The lowest BCUT2D eigenvalue weighted by Gasteiger charge is -2.47. The van der Waals surface area contributed by atoms with E-state index in [1.54, 1.807) is 23.0 Å². The third-order valence-electron chi connectivity index (χ3n) is 6.10. The van der Waals surface area contributed by atoms with Gasteiger partial charge in [-0.15, -0.1) is 6.58 Å². The molecular weight excluding hydrogens is 378 g/mol. The molecule has 3 aromatic rings. The van der Waals surface area contributed by atoms with Crippen LogP contribution in [-0.4, -0.2) is 52.8 Å². The van der Waals surface area contributed by atoms with E-state index < -0.39 is 6.04 Å². The number of ether oxygens (including phenoxy) is 1. The minimum atomic E-state index is -0.533. The monoisotopic (exact) mass is 401 g/mol. The Morgan fingerprint density at radius 2 is 2.03 bits per heavy atom. The first-order chi connectivity index (χ1) is 14.6. The summed E-state index contributed by atoms with van der Waals surface area (Å²) in [6.07, 6.45) is 2.17. The molecule has 1 unspecified atom stereocenters. The Hall–Kier alpha value is -3.54. The maximum Gasteiger partial charge on any atom is 0.246 e. The van der Waals surface area contributed by atoms with Crippen LogP contribution in [0, 0.1) is 0 Å². The van der Waals surface area contributed by atoms with Crippen LogP contribution in [0.15, 0.2) is 61.2 Å². The first kappa shape index (κ1) is 18.5. The minimum Gasteiger partial charge on any atom is -0.497 e. The molecule has 1 fully saturated rings. The van der Waals surface area contributed by atoms with Crippen LogP contribution in [0.25, 0.3) is 10.9 Å². The maximum absolute atomic E-state index is 13.3. The van der Waals surface area contributed by atoms with Crippen molar-refractivity contribution in [2.75, 3.05) is 20.2 Å². The molecule has 2 atom stereocenters. The Kier molecular flexibility index (Phi) is 4.35. The molecule has 2 aliphatic heterocycles. The van der Waals surface area contributed by atoms with Crippen LogP contribution in [0.2, 0.25) is 0 Å². The van der Waals surface area contributed by atoms with Crippen molar-refractivity contribution in [1.82, 2.24) is 14.8 Å². The zero-order chi connectivity index (χ0) is 20.8. The Bertz CT molecular complexity index is 1170. The highest BCUT2D eigenvalue weighted by Crippen LogP contribution is 2.43. The van der Waals surface area contributed by atoms with Crippen LogP contribution >= 0.6 is 0 Å². The number of amides is 2. The van der Waals surface area contributed by atoms with E-state index in [1.165, 1.54) is 0 Å². The standard InChI is InChI=1S/C24H23N3O3/c1-3-11-26-14-21(28)27-20(24(26)29)13-18-17-9-4-5-10-19(17)25-22(18)23(27)15-7-6-8-16(12-15)30-2/h3-10,12,20,23,25H,1,11,13-14H2,2H3/t20-,23?/m0/s1. The van der Waals surface area contributed by atoms with E-state index in [9.17, 15) is 9.59 Å². The highest BCUT2D eigenvalue weighted by atomic mass is 16.5. The molecule has 1 N–H and O–H groups in total. The summed E-state index contributed by atoms with van der Waals surface area (Å²) >= 11 is 0. The number of nitrogens with one attached hydrogen (secondary N) is 1. The quantitative estimate of drug-likeness (QED) is 0.684. The van der Waals surface area contributed by atoms with Gasteiger partial charge in [-0.1, -0.05) is 36.4 Å². The third kappa shape index (κ3) is 2.71. The second-order valence-corrected chi connectivity index (χ2v) is 7.77. The number of nitrogens with zero attached hydrogens (tertiary/aromatic N) is 2. The second-order valence-electron chi connectivity index (χ2n) is 7.77. The summed E-state index contributed by atoms with van der Waals surface area (Å²) in [7, 11) is 1.62. The number of aromatic amines is 1. The highest BCUT2D eigenvalue weighted by molar-refractivity contribution is 5.97. The molecule has 2 aromatic carbocycles. The van der Waals surface area contributed by atoms with Gasteiger partial charge in [0.1, 0.15) is 18.3 Å². The van der Waals surface area contributed by atoms with Gasteiger partial charge in [0.2, 0.25) is 11.8 Å². The van der Waals surface area contributed by atoms with E-state index in [2.05, 4.69) is 17.6 Å². The molecule has 0 bridgehead atoms. The predicted octanol–water partition coefficient (Wildman–Crippen LogP) is 3.05. The lowest BCUT2D eigenvalue weighted by Crippen LogP contribution is -2.62. The van der Waals surface area contributed by atoms with Gasteiger partial charge in [0.15, 0.2) is 0 Å². The number of H-pyrrole nitrogens is 1. The number of hydrogen-bond donors (Lipinski definition) is 1. The minimum absolute atomic E-state index is 0.0293. The molecule has 1 saturated heterocycles. The number of para-hydroxylation sites is 1. The Balaban J connectivity index is 1.72. The molecule has 0 saturated carbocycles. The van der Waals surface area contributed by atoms with Crippen molar-refractivity contribution in [2.45, 2.75) is 18.5 Å². The van der Waals surface area contributed by atoms with Crippen LogP contribution in [0.1, 0.15) is 22.9 Å². The molecule has 1 aromatic heterocycles. The SMILES string of the molecule is C=CCN1CC(=O)N2C(c3cccc(OC)c3)c3[nH]c4ccccc4c3C[C@H]2C1=O. The fraction of sp³-hybridized carbons (Fsp3) is 0.250. The zero-order valence-electron chi connectivity index (χ0n) is 16.8. The fourth-order valence-electron chi connectivity index (χ4n) is 4.79. The highest BCUT2D eigenvalue weighted by Gasteiger charge is 2.47. The summed E-state index contributed by atoms with van der Waals surface area (Å²) in [5.74, 6) is 0.633. The van der Waals surface area contributed by atoms with Crippen LogP contribution < -0.4 is 4.74 Å². The van der Waals surface area contributed by atoms with Crippen molar-refractivity contribution in [3.05, 3.63) is 78.0 Å². The largest absolute Gasteiger partial charge is 0.497 e. The van der Waals surface area contributed by atoms with E-state index in [4.69, 9.17) is 4.74 Å². The number of hydrogen-bond acceptors (Lipinski definition) is 3. The summed E-state index contributed by atoms with van der Waals surface area (Å²) in [5.41, 5.74) is 4.00. The molecule has 2 aliphatic rings. The van der Waals surface area contributed by atoms with Gasteiger partial charge in [-0.05, 0) is 29.3 Å². The molecule has 6 heteroatoms. The third-order valence-corrected chi connectivity index (χ3v) is 6.10. The number of piperazine rings is 1. The van der Waals surface area contributed by atoms with Crippen molar-refractivity contribution in [3.8, 4) is 5.75 Å². The van der Waals surface area contributed by atoms with E-state index in [0.29, 0.717) is 13.0 Å². The first-order valence-electron chi connectivity index (χ1n) is 10.1. The average molecular weight is 401 g/mol. The summed E-state index contributed by atoms with van der Waals surface area (Å²) < 4.78 is 5.43. The van der Waals surface area contributed by atoms with Gasteiger partial charge >= 0.3 is 0 Å². The zero-order valence-corrected chi connectivity index (χ0v) is 16.8. The lowest BCUT2D eigenvalue weighted by atomic mass is 9.86. The fourth-order valence-corrected chi connectivity index (χ4v) is 4.79. The molecule has 0 spiro atoms. The summed E-state index contributed by atoms with van der Waals surface area (Å²) in [6, 6.07) is 14.9. The van der Waals surface area contributed by atoms with E-state index in [1.807, 2.05) is 42.5 Å². The number of methoxy groups -OCH3 is 1. The van der Waals surface area contributed by atoms with Crippen molar-refractivity contribution in [1.29, 1.82) is 0 Å². The Labute approximate surface area is 174 Å². The number of carbonyl (C=O) groups excluding carboxylic acids is 2. The molecule has 152 valence electrons. The number of rotatable bonds is 4. The molecule has 3 heterocycles. The van der Waals surface area contributed by atoms with E-state index in [0.717, 1.165) is 33.5 Å². The smallest absolute Gasteiger partial charge is 0.246 e. The van der Waals surface area contributed by atoms with Crippen LogP contribution in [0.3, 0.4) is 0 Å². The predicted molar refractivity (Wildman–Crippen MR) is 114 cm³/mol. The van der Waals surface area contributed by atoms with Crippen LogP contribution in [0.5, 0.6) is 5.75 Å². The summed E-state index contributed by atoms with van der Waals surface area (Å²) in [5, 5.41) is 1.10. The van der Waals surface area contributed by atoms with E-state index in [-0.39, 0.29) is 24.4 Å². The number of benzene rings is 2. The van der Waals surface area contributed by atoms with Crippen molar-refractivity contribution in [3.63, 3.8) is 0 Å². The maximum atomic E-state index is 13.3. The summed E-state index contributed by atoms with van der Waals surface area (Å²) in [4.78, 5) is 33.5. The van der Waals surface area contributed by atoms with Crippen LogP contribution in [-0.2, 0) is 16.0 Å². The van der Waals surface area contributed by atoms with Gasteiger partial charge in [-0.25, -0.2) is 0 Å². The van der Waals surface area contributed by atoms with Crippen molar-refractivity contribution in [2.24, 2.45) is 0 Å². The van der Waals surface area contributed by atoms with Crippen LogP contribution in [0.4, 0.5) is 0 Å². The number of carbonyl (C=O) groups is 2. The Morgan fingerprint density at radius 1 is 1.20 bits per heavy atom. The molecule has 30 heavy (non-hydrogen) atoms. The molecule has 0 radical (unpaired) electrons. The van der Waals surface area contributed by atoms with Gasteiger partial charge in [0.05, 0.1) is 13.2 Å². The van der Waals surface area contributed by atoms with Gasteiger partial charge in [-0.2, -0.15) is 0 Å². The number of fused-ring (bicyclic) bond motifs is 4. The van der Waals surface area contributed by atoms with Gasteiger partial charge in [0, 0.05) is 29.6 Å². The Morgan fingerprint density at radius 3 is 2.83 bits per heavy atom. The molecule has 2 amide bonds. The van der Waals surface area contributed by atoms with Crippen molar-refractivity contribution < 1.29 is 14.3 Å². The first-order valence-corrected chi connectivity index (χ1v) is 10.1. The molecule has 5 rings (SSSR count). The normalized spacial score (nSPS) is 20.8. The van der Waals surface area contributed by atoms with Gasteiger partial charge < -0.3 is 19.5 Å². The molecular formula is C24H23N3O3. The molecule has 6 nitrogen and oxygen atoms in total. The topological polar surface area (TPSA) is 65.6 Å². The lowest BCUT2D eigenvalue weighted by molar-refractivity contribution is -0.158. The molecule has 0 aliphatic carbocycles. The summed E-state index contributed by atoms with van der Waals surface area (Å²) in [6.45, 7) is 4.17. The van der Waals surface area contributed by atoms with E-state index >= 15 is 0 Å². The average Bonchev–Trinajstić information content (AvgIpc) is 3.14.